The molecule has 2 rings (SSSR count). The van der Waals surface area contributed by atoms with Gasteiger partial charge in [-0.3, -0.25) is 14.5 Å². The van der Waals surface area contributed by atoms with E-state index in [9.17, 15) is 13.2 Å². The number of rotatable bonds is 4. The number of hydrogen-bond donors (Lipinski definition) is 2. The molecule has 0 fully saturated rings. The Labute approximate surface area is 110 Å². The molecule has 2 N–H and O–H groups in total. The summed E-state index contributed by atoms with van der Waals surface area (Å²) in [5.41, 5.74) is 0.975. The molecule has 1 heterocycles. The van der Waals surface area contributed by atoms with Crippen LogP contribution in [0.5, 0.6) is 0 Å². The summed E-state index contributed by atoms with van der Waals surface area (Å²) in [7, 11) is -3.97. The number of nitrogens with zero attached hydrogens (tertiary/aromatic N) is 1. The molecular formula is C12H12N2O4S. The fraction of sp³-hybridized carbons (Fsp3) is 0.167. The lowest BCUT2D eigenvalue weighted by Gasteiger charge is -2.11. The number of fused-ring (bicyclic) bond motifs is 1. The van der Waals surface area contributed by atoms with Gasteiger partial charge in [-0.1, -0.05) is 18.2 Å². The average Bonchev–Trinajstić information content (AvgIpc) is 2.37. The smallest absolute Gasteiger partial charge is 0.323 e. The Kier molecular flexibility index (Phi) is 3.39. The number of pyridine rings is 1. The second kappa shape index (κ2) is 4.85. The first-order valence-electron chi connectivity index (χ1n) is 5.49. The number of benzene rings is 1. The van der Waals surface area contributed by atoms with Crippen molar-refractivity contribution in [2.45, 2.75) is 12.2 Å². The minimum absolute atomic E-state index is 0.242. The fourth-order valence-electron chi connectivity index (χ4n) is 1.51. The van der Waals surface area contributed by atoms with Crippen LogP contribution in [0.25, 0.3) is 10.9 Å². The molecule has 0 amide bonds. The van der Waals surface area contributed by atoms with Crippen molar-refractivity contribution in [2.75, 3.05) is 4.72 Å². The number of carbonyl (C=O) groups is 1. The van der Waals surface area contributed by atoms with Crippen LogP contribution in [0.4, 0.5) is 5.69 Å². The monoisotopic (exact) mass is 280 g/mol. The minimum atomic E-state index is -3.97. The Morgan fingerprint density at radius 3 is 2.74 bits per heavy atom. The van der Waals surface area contributed by atoms with Crippen molar-refractivity contribution in [2.24, 2.45) is 0 Å². The highest BCUT2D eigenvalue weighted by Crippen LogP contribution is 2.18. The zero-order valence-electron chi connectivity index (χ0n) is 10.1. The van der Waals surface area contributed by atoms with Gasteiger partial charge in [0, 0.05) is 5.39 Å². The van der Waals surface area contributed by atoms with E-state index in [1.807, 2.05) is 12.1 Å². The molecule has 0 spiro atoms. The zero-order valence-corrected chi connectivity index (χ0v) is 10.9. The van der Waals surface area contributed by atoms with Gasteiger partial charge in [-0.2, -0.15) is 0 Å². The van der Waals surface area contributed by atoms with E-state index in [1.54, 1.807) is 18.2 Å². The van der Waals surface area contributed by atoms with Gasteiger partial charge in [0.25, 0.3) is 0 Å². The zero-order chi connectivity index (χ0) is 14.0. The van der Waals surface area contributed by atoms with Crippen molar-refractivity contribution >= 4 is 32.6 Å². The molecule has 100 valence electrons. The van der Waals surface area contributed by atoms with E-state index in [2.05, 4.69) is 9.71 Å². The predicted octanol–water partition coefficient (Wildman–Crippen LogP) is 1.45. The molecule has 1 unspecified atom stereocenters. The summed E-state index contributed by atoms with van der Waals surface area (Å²) in [4.78, 5) is 14.8. The molecule has 0 aliphatic rings. The fourth-order valence-corrected chi connectivity index (χ4v) is 2.39. The number of sulfonamides is 1. The van der Waals surface area contributed by atoms with Crippen LogP contribution < -0.4 is 4.72 Å². The number of carboxylic acid groups (broad SMARTS) is 1. The van der Waals surface area contributed by atoms with Gasteiger partial charge < -0.3 is 5.11 Å². The third-order valence-corrected chi connectivity index (χ3v) is 4.32. The molecule has 19 heavy (non-hydrogen) atoms. The van der Waals surface area contributed by atoms with Gasteiger partial charge in [0.05, 0.1) is 17.4 Å². The van der Waals surface area contributed by atoms with Crippen LogP contribution >= 0.6 is 0 Å². The number of carboxylic acids is 1. The summed E-state index contributed by atoms with van der Waals surface area (Å²) in [5, 5.41) is 7.97. The first-order valence-corrected chi connectivity index (χ1v) is 7.04. The molecule has 0 saturated carbocycles. The minimum Gasteiger partial charge on any atom is -0.480 e. The average molecular weight is 280 g/mol. The van der Waals surface area contributed by atoms with Gasteiger partial charge in [0.15, 0.2) is 5.25 Å². The quantitative estimate of drug-likeness (QED) is 0.883. The molecule has 0 radical (unpaired) electrons. The molecule has 7 heteroatoms. The lowest BCUT2D eigenvalue weighted by Crippen LogP contribution is -2.32. The van der Waals surface area contributed by atoms with E-state index >= 15 is 0 Å². The van der Waals surface area contributed by atoms with E-state index in [0.717, 1.165) is 17.8 Å². The molecule has 1 aromatic carbocycles. The van der Waals surface area contributed by atoms with Gasteiger partial charge in [-0.05, 0) is 19.1 Å². The number of anilines is 1. The van der Waals surface area contributed by atoms with Gasteiger partial charge >= 0.3 is 5.97 Å². The van der Waals surface area contributed by atoms with E-state index < -0.39 is 21.2 Å². The number of aromatic nitrogens is 1. The van der Waals surface area contributed by atoms with Crippen LogP contribution in [0, 0.1) is 0 Å². The van der Waals surface area contributed by atoms with Crippen molar-refractivity contribution in [1.82, 2.24) is 4.98 Å². The van der Waals surface area contributed by atoms with Crippen LogP contribution in [-0.2, 0) is 14.8 Å². The molecule has 1 atom stereocenters. The maximum absolute atomic E-state index is 11.8. The van der Waals surface area contributed by atoms with Crippen LogP contribution in [0.1, 0.15) is 6.92 Å². The lowest BCUT2D eigenvalue weighted by atomic mass is 10.2. The molecule has 1 aromatic heterocycles. The number of nitrogens with one attached hydrogen (secondary N) is 1. The van der Waals surface area contributed by atoms with Crippen molar-refractivity contribution < 1.29 is 18.3 Å². The Morgan fingerprint density at radius 2 is 2.05 bits per heavy atom. The third-order valence-electron chi connectivity index (χ3n) is 2.66. The second-order valence-corrected chi connectivity index (χ2v) is 6.05. The number of hydrogen-bond acceptors (Lipinski definition) is 4. The standard InChI is InChI=1S/C12H12N2O4S/c1-8(12(15)16)19(17,18)14-10-6-9-4-2-3-5-11(9)13-7-10/h2-8,14H,1H3,(H,15,16). The van der Waals surface area contributed by atoms with Crippen LogP contribution in [0.2, 0.25) is 0 Å². The molecular weight excluding hydrogens is 268 g/mol. The Bertz CT molecular complexity index is 727. The summed E-state index contributed by atoms with van der Waals surface area (Å²) in [6, 6.07) is 8.83. The largest absolute Gasteiger partial charge is 0.480 e. The van der Waals surface area contributed by atoms with Crippen LogP contribution in [0.15, 0.2) is 36.5 Å². The van der Waals surface area contributed by atoms with E-state index in [4.69, 9.17) is 5.11 Å². The van der Waals surface area contributed by atoms with Gasteiger partial charge in [-0.25, -0.2) is 8.42 Å². The predicted molar refractivity (Wildman–Crippen MR) is 71.4 cm³/mol. The first kappa shape index (κ1) is 13.3. The van der Waals surface area contributed by atoms with Crippen molar-refractivity contribution in [1.29, 1.82) is 0 Å². The van der Waals surface area contributed by atoms with Crippen LogP contribution in [-0.4, -0.2) is 29.7 Å². The maximum atomic E-state index is 11.8. The summed E-state index contributed by atoms with van der Waals surface area (Å²) in [5.74, 6) is -1.40. The van der Waals surface area contributed by atoms with E-state index in [1.165, 1.54) is 6.20 Å². The molecule has 6 nitrogen and oxygen atoms in total. The lowest BCUT2D eigenvalue weighted by molar-refractivity contribution is -0.136. The Balaban J connectivity index is 2.34. The third kappa shape index (κ3) is 2.82. The van der Waals surface area contributed by atoms with Gasteiger partial charge in [-0.15, -0.1) is 0 Å². The summed E-state index contributed by atoms with van der Waals surface area (Å²) in [6.07, 6.45) is 1.36. The highest BCUT2D eigenvalue weighted by atomic mass is 32.2. The normalized spacial score (nSPS) is 13.1. The molecule has 2 aromatic rings. The molecule has 0 aliphatic heterocycles. The van der Waals surface area contributed by atoms with Crippen molar-refractivity contribution in [3.8, 4) is 0 Å². The van der Waals surface area contributed by atoms with E-state index in [-0.39, 0.29) is 5.69 Å². The summed E-state index contributed by atoms with van der Waals surface area (Å²) >= 11 is 0. The first-order chi connectivity index (χ1) is 8.90. The number of para-hydroxylation sites is 1. The van der Waals surface area contributed by atoms with Gasteiger partial charge in [0.2, 0.25) is 10.0 Å². The maximum Gasteiger partial charge on any atom is 0.323 e. The highest BCUT2D eigenvalue weighted by molar-refractivity contribution is 7.94. The highest BCUT2D eigenvalue weighted by Gasteiger charge is 2.27. The molecule has 0 bridgehead atoms. The van der Waals surface area contributed by atoms with Crippen molar-refractivity contribution in [3.05, 3.63) is 36.5 Å². The Hall–Kier alpha value is -2.15. The van der Waals surface area contributed by atoms with E-state index in [0.29, 0.717) is 0 Å². The topological polar surface area (TPSA) is 96.4 Å². The van der Waals surface area contributed by atoms with Crippen LogP contribution in [0.3, 0.4) is 0 Å². The number of aliphatic carboxylic acids is 1. The molecule has 0 saturated heterocycles. The van der Waals surface area contributed by atoms with Gasteiger partial charge in [0.1, 0.15) is 0 Å². The summed E-state index contributed by atoms with van der Waals surface area (Å²) < 4.78 is 25.7. The summed E-state index contributed by atoms with van der Waals surface area (Å²) in [6.45, 7) is 1.11. The second-order valence-electron chi connectivity index (χ2n) is 4.04. The Morgan fingerprint density at radius 1 is 1.37 bits per heavy atom. The van der Waals surface area contributed by atoms with Crippen molar-refractivity contribution in [3.63, 3.8) is 0 Å². The SMILES string of the molecule is CC(C(=O)O)S(=O)(=O)Nc1cnc2ccccc2c1. The molecule has 0 aliphatic carbocycles.